The molecule has 29 heavy (non-hydrogen) atoms. The molecule has 1 N–H and O–H groups in total. The molecule has 0 saturated carbocycles. The SMILES string of the molecule is CCCC(CC)OC(=O)c1cc(C(=O)OC(CC)CCC)cc(S(=O)(=O)O)c1.[BaH2]. The van der Waals surface area contributed by atoms with Crippen LogP contribution >= 0.6 is 0 Å². The number of rotatable bonds is 11. The third-order valence-electron chi connectivity index (χ3n) is 4.36. The minimum absolute atomic E-state index is 0. The van der Waals surface area contributed by atoms with Gasteiger partial charge in [-0.25, -0.2) is 9.59 Å². The number of hydrogen-bond acceptors (Lipinski definition) is 6. The van der Waals surface area contributed by atoms with Crippen molar-refractivity contribution in [2.45, 2.75) is 83.3 Å². The van der Waals surface area contributed by atoms with Crippen molar-refractivity contribution < 1.29 is 32.0 Å². The van der Waals surface area contributed by atoms with E-state index in [1.807, 2.05) is 27.7 Å². The molecule has 1 aromatic rings. The van der Waals surface area contributed by atoms with Crippen molar-refractivity contribution in [3.05, 3.63) is 29.3 Å². The Morgan fingerprint density at radius 3 is 1.52 bits per heavy atom. The molecule has 1 aromatic carbocycles. The quantitative estimate of drug-likeness (QED) is 0.254. The Hall–Kier alpha value is -0.359. The van der Waals surface area contributed by atoms with Crippen LogP contribution in [0.15, 0.2) is 23.1 Å². The number of hydrogen-bond donors (Lipinski definition) is 1. The molecule has 0 aromatic heterocycles. The molecule has 0 bridgehead atoms. The van der Waals surface area contributed by atoms with Crippen LogP contribution in [0.25, 0.3) is 0 Å². The first-order valence-corrected chi connectivity index (χ1v) is 11.1. The summed E-state index contributed by atoms with van der Waals surface area (Å²) in [7, 11) is -4.62. The van der Waals surface area contributed by atoms with Gasteiger partial charge in [-0.3, -0.25) is 4.55 Å². The van der Waals surface area contributed by atoms with Crippen LogP contribution < -0.4 is 0 Å². The van der Waals surface area contributed by atoms with Gasteiger partial charge >= 0.3 is 60.8 Å². The molecule has 7 nitrogen and oxygen atoms in total. The molecule has 162 valence electrons. The molecule has 0 radical (unpaired) electrons. The van der Waals surface area contributed by atoms with Crippen molar-refractivity contribution in [3.63, 3.8) is 0 Å². The van der Waals surface area contributed by atoms with Gasteiger partial charge in [0, 0.05) is 0 Å². The summed E-state index contributed by atoms with van der Waals surface area (Å²) in [5.41, 5.74) is -0.250. The molecule has 1 rings (SSSR count). The number of esters is 2. The Balaban J connectivity index is 0.00000784. The van der Waals surface area contributed by atoms with E-state index in [9.17, 15) is 22.6 Å². The van der Waals surface area contributed by atoms with Crippen LogP contribution in [-0.2, 0) is 19.6 Å². The summed E-state index contributed by atoms with van der Waals surface area (Å²) in [5, 5.41) is 0. The predicted molar refractivity (Wildman–Crippen MR) is 114 cm³/mol. The van der Waals surface area contributed by atoms with Crippen LogP contribution in [0.4, 0.5) is 0 Å². The van der Waals surface area contributed by atoms with Gasteiger partial charge < -0.3 is 9.47 Å². The average molecular weight is 554 g/mol. The second-order valence-corrected chi connectivity index (χ2v) is 8.09. The first kappa shape index (κ1) is 28.6. The van der Waals surface area contributed by atoms with Crippen molar-refractivity contribution in [2.24, 2.45) is 0 Å². The van der Waals surface area contributed by atoms with Crippen LogP contribution in [0, 0.1) is 0 Å². The summed E-state index contributed by atoms with van der Waals surface area (Å²) in [6.45, 7) is 7.68. The molecule has 0 saturated heterocycles. The van der Waals surface area contributed by atoms with Gasteiger partial charge in [-0.2, -0.15) is 8.42 Å². The van der Waals surface area contributed by atoms with Crippen molar-refractivity contribution in [1.82, 2.24) is 0 Å². The summed E-state index contributed by atoms with van der Waals surface area (Å²) < 4.78 is 43.4. The third kappa shape index (κ3) is 9.54. The van der Waals surface area contributed by atoms with Gasteiger partial charge in [-0.15, -0.1) is 0 Å². The van der Waals surface area contributed by atoms with E-state index in [0.717, 1.165) is 25.0 Å². The number of carbonyl (C=O) groups excluding carboxylic acids is 2. The van der Waals surface area contributed by atoms with E-state index < -0.39 is 27.0 Å². The van der Waals surface area contributed by atoms with Crippen LogP contribution in [-0.4, -0.2) is 86.0 Å². The molecule has 0 heterocycles. The van der Waals surface area contributed by atoms with Gasteiger partial charge in [0.2, 0.25) is 0 Å². The number of carbonyl (C=O) groups is 2. The van der Waals surface area contributed by atoms with Gasteiger partial charge in [-0.1, -0.05) is 40.5 Å². The van der Waals surface area contributed by atoms with Crippen LogP contribution in [0.5, 0.6) is 0 Å². The van der Waals surface area contributed by atoms with Gasteiger partial charge in [0.1, 0.15) is 12.2 Å². The monoisotopic (exact) mass is 554 g/mol. The molecular formula is C20H32BaO7S. The Labute approximate surface area is 213 Å². The van der Waals surface area contributed by atoms with E-state index in [2.05, 4.69) is 0 Å². The van der Waals surface area contributed by atoms with E-state index in [1.165, 1.54) is 6.07 Å². The van der Waals surface area contributed by atoms with Gasteiger partial charge in [-0.05, 0) is 43.9 Å². The molecule has 0 amide bonds. The van der Waals surface area contributed by atoms with Gasteiger partial charge in [0.05, 0.1) is 16.0 Å². The Morgan fingerprint density at radius 2 is 1.24 bits per heavy atom. The number of ether oxygens (including phenoxy) is 2. The van der Waals surface area contributed by atoms with Crippen LogP contribution in [0.1, 0.15) is 86.9 Å². The topological polar surface area (TPSA) is 107 Å². The molecule has 0 fully saturated rings. The zero-order chi connectivity index (χ0) is 21.3. The van der Waals surface area contributed by atoms with Crippen molar-refractivity contribution >= 4 is 70.9 Å². The summed E-state index contributed by atoms with van der Waals surface area (Å²) >= 11 is 0. The maximum atomic E-state index is 12.5. The molecular weight excluding hydrogens is 522 g/mol. The first-order chi connectivity index (χ1) is 13.2. The van der Waals surface area contributed by atoms with Gasteiger partial charge in [0.25, 0.3) is 10.1 Å². The van der Waals surface area contributed by atoms with Crippen molar-refractivity contribution in [1.29, 1.82) is 0 Å². The summed E-state index contributed by atoms with van der Waals surface area (Å²) in [6.07, 6.45) is 3.60. The fourth-order valence-electron chi connectivity index (χ4n) is 2.76. The van der Waals surface area contributed by atoms with E-state index in [1.54, 1.807) is 0 Å². The standard InChI is InChI=1S/C20H30O7S.Ba.2H/c1-5-9-16(7-3)26-19(21)14-11-15(13-18(12-14)28(23,24)25)20(22)27-17(8-4)10-6-2;;;/h11-13,16-17H,5-10H2,1-4H3,(H,23,24,25);;;. The molecule has 0 aliphatic heterocycles. The average Bonchev–Trinajstić information content (AvgIpc) is 2.65. The predicted octanol–water partition coefficient (Wildman–Crippen LogP) is 3.49. The summed E-state index contributed by atoms with van der Waals surface area (Å²) in [5.74, 6) is -1.50. The Morgan fingerprint density at radius 1 is 0.862 bits per heavy atom. The Kier molecular flexibility index (Phi) is 13.7. The van der Waals surface area contributed by atoms with E-state index in [0.29, 0.717) is 25.7 Å². The second-order valence-electron chi connectivity index (χ2n) is 6.67. The molecule has 0 spiro atoms. The summed E-state index contributed by atoms with van der Waals surface area (Å²) in [4.78, 5) is 24.4. The summed E-state index contributed by atoms with van der Waals surface area (Å²) in [6, 6.07) is 3.23. The molecule has 9 heteroatoms. The fraction of sp³-hybridized carbons (Fsp3) is 0.600. The third-order valence-corrected chi connectivity index (χ3v) is 5.19. The van der Waals surface area contributed by atoms with E-state index in [4.69, 9.17) is 9.47 Å². The molecule has 2 unspecified atom stereocenters. The van der Waals surface area contributed by atoms with E-state index in [-0.39, 0.29) is 72.2 Å². The van der Waals surface area contributed by atoms with Gasteiger partial charge in [0.15, 0.2) is 0 Å². The normalized spacial score (nSPS) is 13.1. The van der Waals surface area contributed by atoms with Crippen molar-refractivity contribution in [3.8, 4) is 0 Å². The second kappa shape index (κ2) is 13.8. The molecule has 2 atom stereocenters. The zero-order valence-electron chi connectivity index (χ0n) is 16.9. The van der Waals surface area contributed by atoms with Crippen LogP contribution in [0.2, 0.25) is 0 Å². The van der Waals surface area contributed by atoms with Crippen molar-refractivity contribution in [2.75, 3.05) is 0 Å². The fourth-order valence-corrected chi connectivity index (χ4v) is 3.31. The zero-order valence-corrected chi connectivity index (χ0v) is 17.8. The first-order valence-electron chi connectivity index (χ1n) is 9.70. The Bertz CT molecular complexity index is 731. The number of benzene rings is 1. The van der Waals surface area contributed by atoms with E-state index >= 15 is 0 Å². The molecule has 0 aliphatic rings. The maximum absolute atomic E-state index is 12.5. The molecule has 0 aliphatic carbocycles. The van der Waals surface area contributed by atoms with Crippen LogP contribution in [0.3, 0.4) is 0 Å². The minimum atomic E-state index is -4.62.